The Bertz CT molecular complexity index is 351. The fraction of sp³-hybridized carbons (Fsp3) is 0.200. The van der Waals surface area contributed by atoms with Gasteiger partial charge in [-0.2, -0.15) is 9.98 Å². The molecule has 0 aliphatic carbocycles. The van der Waals surface area contributed by atoms with E-state index in [-0.39, 0.29) is 0 Å². The summed E-state index contributed by atoms with van der Waals surface area (Å²) < 4.78 is 0. The van der Waals surface area contributed by atoms with Crippen LogP contribution in [0, 0.1) is 0 Å². The van der Waals surface area contributed by atoms with E-state index < -0.39 is 0 Å². The number of rotatable bonds is 2. The van der Waals surface area contributed by atoms with Gasteiger partial charge in [-0.15, -0.1) is 0 Å². The van der Waals surface area contributed by atoms with Gasteiger partial charge in [0.2, 0.25) is 12.2 Å². The van der Waals surface area contributed by atoms with Gasteiger partial charge in [0.25, 0.3) is 0 Å². The molecule has 0 heterocycles. The van der Waals surface area contributed by atoms with Gasteiger partial charge in [-0.25, -0.2) is 9.59 Å². The van der Waals surface area contributed by atoms with Crippen LogP contribution < -0.4 is 0 Å². The minimum atomic E-state index is 0.418. The SMILES string of the molecule is CC.II.O=C=Nc1cccc(N=C=O)c1. The Kier molecular flexibility index (Phi) is 16.1. The van der Waals surface area contributed by atoms with Crippen molar-refractivity contribution in [2.45, 2.75) is 13.8 Å². The lowest BCUT2D eigenvalue weighted by Gasteiger charge is -1.90. The van der Waals surface area contributed by atoms with Crippen molar-refractivity contribution in [2.75, 3.05) is 0 Å². The topological polar surface area (TPSA) is 58.9 Å². The zero-order valence-electron chi connectivity index (χ0n) is 8.78. The molecule has 16 heavy (non-hydrogen) atoms. The molecule has 1 rings (SSSR count). The second kappa shape index (κ2) is 14.4. The van der Waals surface area contributed by atoms with Crippen LogP contribution in [-0.4, -0.2) is 12.2 Å². The Morgan fingerprint density at radius 2 is 1.38 bits per heavy atom. The lowest BCUT2D eigenvalue weighted by molar-refractivity contribution is 0.565. The standard InChI is InChI=1S/C8H4N2O2.C2H6.I2/c11-5-9-7-2-1-3-8(4-7)10-6-12;2*1-2/h1-4H;1-2H3;. The van der Waals surface area contributed by atoms with Gasteiger partial charge in [-0.3, -0.25) is 0 Å². The van der Waals surface area contributed by atoms with Crippen molar-refractivity contribution in [1.82, 2.24) is 0 Å². The van der Waals surface area contributed by atoms with Crippen LogP contribution in [0.1, 0.15) is 13.8 Å². The van der Waals surface area contributed by atoms with Gasteiger partial charge >= 0.3 is 0 Å². The molecule has 86 valence electrons. The molecule has 0 bridgehead atoms. The largest absolute Gasteiger partial charge is 0.240 e. The average molecular weight is 444 g/mol. The van der Waals surface area contributed by atoms with Gasteiger partial charge in [0.05, 0.1) is 11.4 Å². The minimum absolute atomic E-state index is 0.418. The second-order valence-corrected chi connectivity index (χ2v) is 1.93. The van der Waals surface area contributed by atoms with E-state index in [1.54, 1.807) is 18.2 Å². The molecule has 0 unspecified atom stereocenters. The highest BCUT2D eigenvalue weighted by Gasteiger charge is 1.90. The third kappa shape index (κ3) is 8.72. The number of benzene rings is 1. The van der Waals surface area contributed by atoms with E-state index in [0.717, 1.165) is 0 Å². The van der Waals surface area contributed by atoms with Crippen LogP contribution >= 0.6 is 37.2 Å². The molecule has 0 saturated carbocycles. The van der Waals surface area contributed by atoms with Crippen molar-refractivity contribution in [1.29, 1.82) is 0 Å². The van der Waals surface area contributed by atoms with Crippen molar-refractivity contribution < 1.29 is 9.59 Å². The molecule has 0 atom stereocenters. The maximum Gasteiger partial charge on any atom is 0.240 e. The fourth-order valence-corrected chi connectivity index (χ4v) is 0.738. The first-order valence-electron chi connectivity index (χ1n) is 4.27. The molecule has 0 N–H and O–H groups in total. The first-order valence-corrected chi connectivity index (χ1v) is 10.6. The van der Waals surface area contributed by atoms with Crippen molar-refractivity contribution in [3.05, 3.63) is 24.3 Å². The Hall–Kier alpha value is -0.560. The van der Waals surface area contributed by atoms with Gasteiger partial charge < -0.3 is 0 Å². The van der Waals surface area contributed by atoms with Crippen LogP contribution in [0.2, 0.25) is 0 Å². The number of nitrogens with zero attached hydrogens (tertiary/aromatic N) is 2. The smallest absolute Gasteiger partial charge is 0.211 e. The van der Waals surface area contributed by atoms with Gasteiger partial charge in [0, 0.05) is 37.2 Å². The normalized spacial score (nSPS) is 6.75. The Morgan fingerprint density at radius 1 is 1.00 bits per heavy atom. The van der Waals surface area contributed by atoms with Gasteiger partial charge in [-0.1, -0.05) is 19.9 Å². The first-order chi connectivity index (χ1) is 7.86. The highest BCUT2D eigenvalue weighted by atomic mass is 128. The molecule has 0 saturated heterocycles. The molecule has 1 aromatic rings. The number of hydrogen-bond donors (Lipinski definition) is 0. The number of aliphatic imine (C=N–C) groups is 2. The average Bonchev–Trinajstić information content (AvgIpc) is 2.36. The monoisotopic (exact) mass is 444 g/mol. The molecule has 0 aromatic heterocycles. The van der Waals surface area contributed by atoms with E-state index in [0.29, 0.717) is 11.4 Å². The predicted molar refractivity (Wildman–Crippen MR) is 81.4 cm³/mol. The van der Waals surface area contributed by atoms with Crippen LogP contribution in [0.15, 0.2) is 34.3 Å². The highest BCUT2D eigenvalue weighted by molar-refractivity contribution is 15.0. The Morgan fingerprint density at radius 3 is 1.69 bits per heavy atom. The molecule has 0 spiro atoms. The molecule has 0 aliphatic rings. The molecular formula is C10H10I2N2O2. The molecular weight excluding hydrogens is 434 g/mol. The van der Waals surface area contributed by atoms with E-state index in [9.17, 15) is 9.59 Å². The second-order valence-electron chi connectivity index (χ2n) is 1.93. The molecule has 1 aromatic carbocycles. The zero-order chi connectivity index (χ0) is 12.8. The summed E-state index contributed by atoms with van der Waals surface area (Å²) in [6.07, 6.45) is 2.78. The minimum Gasteiger partial charge on any atom is -0.211 e. The van der Waals surface area contributed by atoms with E-state index in [1.165, 1.54) is 18.2 Å². The number of carbonyl (C=O) groups excluding carboxylic acids is 2. The summed E-state index contributed by atoms with van der Waals surface area (Å²) in [6.45, 7) is 4.00. The van der Waals surface area contributed by atoms with E-state index in [4.69, 9.17) is 0 Å². The Balaban J connectivity index is 0. The van der Waals surface area contributed by atoms with Crippen LogP contribution in [-0.2, 0) is 9.59 Å². The molecule has 6 heteroatoms. The van der Waals surface area contributed by atoms with Gasteiger partial charge in [-0.05, 0) is 18.2 Å². The Labute approximate surface area is 118 Å². The summed E-state index contributed by atoms with van der Waals surface area (Å²) in [4.78, 5) is 26.4. The zero-order valence-corrected chi connectivity index (χ0v) is 13.1. The highest BCUT2D eigenvalue weighted by Crippen LogP contribution is 2.18. The van der Waals surface area contributed by atoms with Crippen molar-refractivity contribution in [3.8, 4) is 0 Å². The van der Waals surface area contributed by atoms with Gasteiger partial charge in [0.1, 0.15) is 0 Å². The van der Waals surface area contributed by atoms with E-state index in [1.807, 2.05) is 13.8 Å². The van der Waals surface area contributed by atoms with Crippen LogP contribution in [0.4, 0.5) is 11.4 Å². The summed E-state index contributed by atoms with van der Waals surface area (Å²) in [5.41, 5.74) is 0.836. The van der Waals surface area contributed by atoms with E-state index >= 15 is 0 Å². The quantitative estimate of drug-likeness (QED) is 0.386. The number of halogens is 2. The summed E-state index contributed by atoms with van der Waals surface area (Å²) in [7, 11) is 0. The summed E-state index contributed by atoms with van der Waals surface area (Å²) >= 11 is 4.24. The van der Waals surface area contributed by atoms with Crippen molar-refractivity contribution >= 4 is 60.8 Å². The fourth-order valence-electron chi connectivity index (χ4n) is 0.738. The van der Waals surface area contributed by atoms with E-state index in [2.05, 4.69) is 47.2 Å². The van der Waals surface area contributed by atoms with Crippen LogP contribution in [0.25, 0.3) is 0 Å². The molecule has 0 amide bonds. The molecule has 0 radical (unpaired) electrons. The summed E-state index contributed by atoms with van der Waals surface area (Å²) in [5.74, 6) is 0. The van der Waals surface area contributed by atoms with Crippen molar-refractivity contribution in [3.63, 3.8) is 0 Å². The molecule has 0 fully saturated rings. The van der Waals surface area contributed by atoms with Crippen LogP contribution in [0.5, 0.6) is 0 Å². The first kappa shape index (κ1) is 17.8. The third-order valence-corrected chi connectivity index (χ3v) is 1.18. The maximum absolute atomic E-state index is 9.84. The molecule has 0 aliphatic heterocycles. The lowest BCUT2D eigenvalue weighted by atomic mass is 10.3. The predicted octanol–water partition coefficient (Wildman–Crippen LogP) is 4.42. The molecule has 4 nitrogen and oxygen atoms in total. The summed E-state index contributed by atoms with van der Waals surface area (Å²) in [6, 6.07) is 6.32. The van der Waals surface area contributed by atoms with Gasteiger partial charge in [0.15, 0.2) is 0 Å². The van der Waals surface area contributed by atoms with Crippen LogP contribution in [0.3, 0.4) is 0 Å². The number of isocyanates is 2. The van der Waals surface area contributed by atoms with Crippen molar-refractivity contribution in [2.24, 2.45) is 9.98 Å². The maximum atomic E-state index is 9.84. The summed E-state index contributed by atoms with van der Waals surface area (Å²) in [5, 5.41) is 0. The lowest BCUT2D eigenvalue weighted by Crippen LogP contribution is -1.64. The number of hydrogen-bond acceptors (Lipinski definition) is 4. The third-order valence-electron chi connectivity index (χ3n) is 1.18.